The summed E-state index contributed by atoms with van der Waals surface area (Å²) in [7, 11) is 1.60. The number of nitrogens with zero attached hydrogens (tertiary/aromatic N) is 2. The molecule has 1 saturated heterocycles. The van der Waals surface area contributed by atoms with Crippen LogP contribution in [-0.4, -0.2) is 61.7 Å². The summed E-state index contributed by atoms with van der Waals surface area (Å²) in [4.78, 5) is 17.9. The summed E-state index contributed by atoms with van der Waals surface area (Å²) in [6, 6.07) is 15.4. The molecule has 5 rings (SSSR count). The van der Waals surface area contributed by atoms with Crippen LogP contribution in [0.25, 0.3) is 10.8 Å². The van der Waals surface area contributed by atoms with E-state index in [0.717, 1.165) is 55.0 Å². The second-order valence-corrected chi connectivity index (χ2v) is 8.94. The molecule has 0 bridgehead atoms. The summed E-state index contributed by atoms with van der Waals surface area (Å²) < 4.78 is 16.2. The molecule has 3 aromatic carbocycles. The van der Waals surface area contributed by atoms with Gasteiger partial charge in [-0.3, -0.25) is 14.6 Å². The Morgan fingerprint density at radius 1 is 1.03 bits per heavy atom. The summed E-state index contributed by atoms with van der Waals surface area (Å²) >= 11 is 6.42. The highest BCUT2D eigenvalue weighted by atomic mass is 35.5. The molecule has 0 spiro atoms. The third kappa shape index (κ3) is 4.38. The normalized spacial score (nSPS) is 17.3. The molecule has 0 amide bonds. The van der Waals surface area contributed by atoms with Crippen molar-refractivity contribution in [3.8, 4) is 17.2 Å². The van der Waals surface area contributed by atoms with Gasteiger partial charge in [-0.25, -0.2) is 0 Å². The third-order valence-electron chi connectivity index (χ3n) is 6.60. The van der Waals surface area contributed by atoms with Crippen LogP contribution in [0.2, 0.25) is 5.02 Å². The van der Waals surface area contributed by atoms with Gasteiger partial charge in [0.15, 0.2) is 17.3 Å². The third-order valence-corrected chi connectivity index (χ3v) is 6.99. The van der Waals surface area contributed by atoms with Crippen LogP contribution < -0.4 is 14.2 Å². The summed E-state index contributed by atoms with van der Waals surface area (Å²) in [5.41, 5.74) is 1.92. The van der Waals surface area contributed by atoms with Crippen LogP contribution in [0, 0.1) is 0 Å². The predicted octanol–water partition coefficient (Wildman–Crippen LogP) is 4.62. The predicted molar refractivity (Wildman–Crippen MR) is 129 cm³/mol. The van der Waals surface area contributed by atoms with Gasteiger partial charge >= 0.3 is 0 Å². The zero-order chi connectivity index (χ0) is 22.9. The van der Waals surface area contributed by atoms with E-state index in [1.54, 1.807) is 7.11 Å². The van der Waals surface area contributed by atoms with Crippen molar-refractivity contribution in [3.63, 3.8) is 0 Å². The number of hydrogen-bond donors (Lipinski definition) is 0. The molecule has 2 aliphatic heterocycles. The average molecular weight is 467 g/mol. The molecular formula is C26H27ClN2O4. The Bertz CT molecular complexity index is 1190. The zero-order valence-electron chi connectivity index (χ0n) is 18.8. The maximum Gasteiger partial charge on any atom is 0.231 e. The van der Waals surface area contributed by atoms with E-state index in [9.17, 15) is 4.79 Å². The molecule has 0 saturated carbocycles. The average Bonchev–Trinajstić information content (AvgIpc) is 3.32. The maximum atomic E-state index is 13.2. The van der Waals surface area contributed by atoms with Gasteiger partial charge in [0.1, 0.15) is 5.75 Å². The highest BCUT2D eigenvalue weighted by molar-refractivity contribution is 6.37. The van der Waals surface area contributed by atoms with E-state index in [1.807, 2.05) is 43.3 Å². The molecule has 6 nitrogen and oxygen atoms in total. The Labute approximate surface area is 198 Å². The smallest absolute Gasteiger partial charge is 0.231 e. The SMILES string of the molecule is COc1ccc2cc(C(=O)C(C)N3CCN(Cc4ccc5c(c4)OCO5)CC3)ccc2c1Cl. The molecule has 1 fully saturated rings. The lowest BCUT2D eigenvalue weighted by Gasteiger charge is -2.37. The molecule has 1 unspecified atom stereocenters. The molecule has 7 heteroatoms. The Morgan fingerprint density at radius 2 is 1.82 bits per heavy atom. The minimum absolute atomic E-state index is 0.132. The van der Waals surface area contributed by atoms with Gasteiger partial charge in [-0.2, -0.15) is 0 Å². The topological polar surface area (TPSA) is 51.2 Å². The van der Waals surface area contributed by atoms with Gasteiger partial charge < -0.3 is 14.2 Å². The number of halogens is 1. The number of Topliss-reactive ketones (excluding diaryl/α,β-unsaturated/α-hetero) is 1. The molecule has 0 radical (unpaired) electrons. The van der Waals surface area contributed by atoms with Gasteiger partial charge in [0.05, 0.1) is 18.2 Å². The number of carbonyl (C=O) groups is 1. The quantitative estimate of drug-likeness (QED) is 0.494. The molecule has 1 atom stereocenters. The van der Waals surface area contributed by atoms with Crippen LogP contribution in [0.3, 0.4) is 0 Å². The molecule has 33 heavy (non-hydrogen) atoms. The van der Waals surface area contributed by atoms with E-state index in [2.05, 4.69) is 21.9 Å². The number of rotatable bonds is 6. The van der Waals surface area contributed by atoms with Crippen LogP contribution in [-0.2, 0) is 6.54 Å². The van der Waals surface area contributed by atoms with Crippen molar-refractivity contribution in [2.75, 3.05) is 40.1 Å². The van der Waals surface area contributed by atoms with E-state index in [4.69, 9.17) is 25.8 Å². The largest absolute Gasteiger partial charge is 0.495 e. The summed E-state index contributed by atoms with van der Waals surface area (Å²) in [6.07, 6.45) is 0. The van der Waals surface area contributed by atoms with E-state index in [1.165, 1.54) is 5.56 Å². The lowest BCUT2D eigenvalue weighted by molar-refractivity contribution is 0.0687. The summed E-state index contributed by atoms with van der Waals surface area (Å²) in [6.45, 7) is 6.70. The molecule has 0 N–H and O–H groups in total. The fourth-order valence-electron chi connectivity index (χ4n) is 4.60. The van der Waals surface area contributed by atoms with Crippen LogP contribution in [0.1, 0.15) is 22.8 Å². The molecule has 2 heterocycles. The summed E-state index contributed by atoms with van der Waals surface area (Å²) in [5.74, 6) is 2.40. The van der Waals surface area contributed by atoms with Crippen molar-refractivity contribution in [1.82, 2.24) is 9.80 Å². The van der Waals surface area contributed by atoms with Crippen molar-refractivity contribution >= 4 is 28.2 Å². The zero-order valence-corrected chi connectivity index (χ0v) is 19.6. The standard InChI is InChI=1S/C26H27ClN2O4/c1-17(26(30)20-4-6-21-19(14-20)5-8-23(31-2)25(21)27)29-11-9-28(10-12-29)15-18-3-7-22-24(13-18)33-16-32-22/h3-8,13-14,17H,9-12,15-16H2,1-2H3. The first-order valence-electron chi connectivity index (χ1n) is 11.2. The Morgan fingerprint density at radius 3 is 2.61 bits per heavy atom. The van der Waals surface area contributed by atoms with Crippen LogP contribution in [0.15, 0.2) is 48.5 Å². The number of hydrogen-bond acceptors (Lipinski definition) is 6. The van der Waals surface area contributed by atoms with Crippen molar-refractivity contribution in [1.29, 1.82) is 0 Å². The van der Waals surface area contributed by atoms with E-state index in [-0.39, 0.29) is 11.8 Å². The highest BCUT2D eigenvalue weighted by Gasteiger charge is 2.27. The Hall–Kier alpha value is -2.80. The van der Waals surface area contributed by atoms with E-state index >= 15 is 0 Å². The Kier molecular flexibility index (Phi) is 6.15. The van der Waals surface area contributed by atoms with Gasteiger partial charge in [0.2, 0.25) is 6.79 Å². The second-order valence-electron chi connectivity index (χ2n) is 8.56. The number of carbonyl (C=O) groups excluding carboxylic acids is 1. The van der Waals surface area contributed by atoms with Crippen molar-refractivity contribution in [2.24, 2.45) is 0 Å². The lowest BCUT2D eigenvalue weighted by Crippen LogP contribution is -2.51. The number of benzene rings is 3. The fourth-order valence-corrected chi connectivity index (χ4v) is 4.91. The first-order valence-corrected chi connectivity index (χ1v) is 11.6. The monoisotopic (exact) mass is 466 g/mol. The van der Waals surface area contributed by atoms with E-state index < -0.39 is 0 Å². The van der Waals surface area contributed by atoms with Crippen molar-refractivity contribution in [2.45, 2.75) is 19.5 Å². The first-order chi connectivity index (χ1) is 16.0. The summed E-state index contributed by atoms with van der Waals surface area (Å²) in [5, 5.41) is 2.39. The molecule has 0 aliphatic carbocycles. The van der Waals surface area contributed by atoms with Gasteiger partial charge in [-0.15, -0.1) is 0 Å². The van der Waals surface area contributed by atoms with Gasteiger partial charge in [0, 0.05) is 43.7 Å². The van der Waals surface area contributed by atoms with Gasteiger partial charge in [-0.1, -0.05) is 35.9 Å². The number of fused-ring (bicyclic) bond motifs is 2. The van der Waals surface area contributed by atoms with E-state index in [0.29, 0.717) is 23.1 Å². The maximum absolute atomic E-state index is 13.2. The van der Waals surface area contributed by atoms with Gasteiger partial charge in [-0.05, 0) is 42.1 Å². The molecule has 0 aromatic heterocycles. The second kappa shape index (κ2) is 9.21. The number of ketones is 1. The molecule has 3 aromatic rings. The van der Waals surface area contributed by atoms with Crippen LogP contribution in [0.5, 0.6) is 17.2 Å². The minimum atomic E-state index is -0.177. The van der Waals surface area contributed by atoms with Crippen LogP contribution >= 0.6 is 11.6 Å². The first kappa shape index (κ1) is 22.0. The number of piperazine rings is 1. The Balaban J connectivity index is 1.21. The molecule has 172 valence electrons. The van der Waals surface area contributed by atoms with Gasteiger partial charge in [0.25, 0.3) is 0 Å². The molecule has 2 aliphatic rings. The van der Waals surface area contributed by atoms with Crippen molar-refractivity contribution in [3.05, 3.63) is 64.7 Å². The van der Waals surface area contributed by atoms with Crippen LogP contribution in [0.4, 0.5) is 0 Å². The fraction of sp³-hybridized carbons (Fsp3) is 0.346. The number of methoxy groups -OCH3 is 1. The number of ether oxygens (including phenoxy) is 3. The highest BCUT2D eigenvalue weighted by Crippen LogP contribution is 2.34. The minimum Gasteiger partial charge on any atom is -0.495 e. The lowest BCUT2D eigenvalue weighted by atomic mass is 9.99. The van der Waals surface area contributed by atoms with Crippen molar-refractivity contribution < 1.29 is 19.0 Å². The molecular weight excluding hydrogens is 440 g/mol.